The van der Waals surface area contributed by atoms with Crippen LogP contribution in [-0.4, -0.2) is 70.7 Å². The molecule has 6 heteroatoms. The van der Waals surface area contributed by atoms with Crippen molar-refractivity contribution in [3.05, 3.63) is 30.6 Å². The van der Waals surface area contributed by atoms with Crippen molar-refractivity contribution in [1.82, 2.24) is 19.4 Å². The van der Waals surface area contributed by atoms with E-state index in [9.17, 15) is 4.79 Å². The average molecular weight is 356 g/mol. The lowest BCUT2D eigenvalue weighted by Crippen LogP contribution is -2.46. The Bertz CT molecular complexity index is 738. The molecule has 1 aromatic heterocycles. The summed E-state index contributed by atoms with van der Waals surface area (Å²) >= 11 is 0. The molecule has 4 rings (SSSR count). The SMILES string of the molecule is O=C(CCCn1cnc2ccccc21)N1CCCC1CN1CCOCC1. The van der Waals surface area contributed by atoms with Crippen molar-refractivity contribution in [2.75, 3.05) is 39.4 Å². The minimum absolute atomic E-state index is 0.310. The van der Waals surface area contributed by atoms with Crippen molar-refractivity contribution in [1.29, 1.82) is 0 Å². The van der Waals surface area contributed by atoms with Crippen molar-refractivity contribution >= 4 is 16.9 Å². The van der Waals surface area contributed by atoms with E-state index >= 15 is 0 Å². The smallest absolute Gasteiger partial charge is 0.222 e. The predicted octanol–water partition coefficient (Wildman–Crippen LogP) is 2.14. The Morgan fingerprint density at radius 1 is 1.19 bits per heavy atom. The highest BCUT2D eigenvalue weighted by Gasteiger charge is 2.30. The van der Waals surface area contributed by atoms with Crippen LogP contribution in [0.2, 0.25) is 0 Å². The maximum atomic E-state index is 12.7. The van der Waals surface area contributed by atoms with Gasteiger partial charge >= 0.3 is 0 Å². The summed E-state index contributed by atoms with van der Waals surface area (Å²) in [6.07, 6.45) is 5.63. The zero-order valence-electron chi connectivity index (χ0n) is 15.3. The Kier molecular flexibility index (Phi) is 5.51. The molecule has 1 aromatic carbocycles. The topological polar surface area (TPSA) is 50.6 Å². The molecule has 1 amide bonds. The van der Waals surface area contributed by atoms with Gasteiger partial charge in [-0.2, -0.15) is 0 Å². The van der Waals surface area contributed by atoms with Crippen LogP contribution in [0.15, 0.2) is 30.6 Å². The van der Waals surface area contributed by atoms with Gasteiger partial charge in [-0.3, -0.25) is 9.69 Å². The lowest BCUT2D eigenvalue weighted by atomic mass is 10.2. The van der Waals surface area contributed by atoms with E-state index in [1.807, 2.05) is 24.5 Å². The summed E-state index contributed by atoms with van der Waals surface area (Å²) in [5.74, 6) is 0.310. The summed E-state index contributed by atoms with van der Waals surface area (Å²) < 4.78 is 7.58. The molecule has 2 saturated heterocycles. The lowest BCUT2D eigenvalue weighted by Gasteiger charge is -2.33. The molecular formula is C20H28N4O2. The summed E-state index contributed by atoms with van der Waals surface area (Å²) in [4.78, 5) is 21.7. The number of hydrogen-bond acceptors (Lipinski definition) is 4. The number of carbonyl (C=O) groups is 1. The van der Waals surface area contributed by atoms with E-state index < -0.39 is 0 Å². The summed E-state index contributed by atoms with van der Waals surface area (Å²) in [6, 6.07) is 8.53. The Morgan fingerprint density at radius 3 is 2.92 bits per heavy atom. The minimum atomic E-state index is 0.310. The third-order valence-corrected chi connectivity index (χ3v) is 5.59. The number of aromatic nitrogens is 2. The highest BCUT2D eigenvalue weighted by Crippen LogP contribution is 2.21. The number of imidazole rings is 1. The molecule has 26 heavy (non-hydrogen) atoms. The monoisotopic (exact) mass is 356 g/mol. The van der Waals surface area contributed by atoms with Crippen LogP contribution in [0, 0.1) is 0 Å². The Morgan fingerprint density at radius 2 is 2.04 bits per heavy atom. The van der Waals surface area contributed by atoms with Gasteiger partial charge in [0.15, 0.2) is 0 Å². The van der Waals surface area contributed by atoms with Gasteiger partial charge in [0.05, 0.1) is 30.6 Å². The number of nitrogens with zero attached hydrogens (tertiary/aromatic N) is 4. The van der Waals surface area contributed by atoms with Crippen LogP contribution in [0.5, 0.6) is 0 Å². The van der Waals surface area contributed by atoms with E-state index in [0.717, 1.165) is 76.2 Å². The van der Waals surface area contributed by atoms with E-state index in [2.05, 4.69) is 25.4 Å². The highest BCUT2D eigenvalue weighted by molar-refractivity contribution is 5.77. The molecule has 1 unspecified atom stereocenters. The van der Waals surface area contributed by atoms with Crippen LogP contribution in [0.25, 0.3) is 11.0 Å². The molecule has 0 radical (unpaired) electrons. The second kappa shape index (κ2) is 8.18. The molecule has 6 nitrogen and oxygen atoms in total. The van der Waals surface area contributed by atoms with Gasteiger partial charge in [0, 0.05) is 45.2 Å². The average Bonchev–Trinajstić information content (AvgIpc) is 3.30. The molecule has 0 saturated carbocycles. The molecule has 0 aliphatic carbocycles. The van der Waals surface area contributed by atoms with Gasteiger partial charge in [-0.05, 0) is 31.4 Å². The number of carbonyl (C=O) groups excluding carboxylic acids is 1. The highest BCUT2D eigenvalue weighted by atomic mass is 16.5. The second-order valence-corrected chi connectivity index (χ2v) is 7.33. The summed E-state index contributed by atoms with van der Waals surface area (Å²) in [7, 11) is 0. The zero-order chi connectivity index (χ0) is 17.8. The number of morpholine rings is 1. The normalized spacial score (nSPS) is 21.5. The molecule has 0 N–H and O–H groups in total. The van der Waals surface area contributed by atoms with Gasteiger partial charge in [0.2, 0.25) is 5.91 Å². The maximum absolute atomic E-state index is 12.7. The third kappa shape index (κ3) is 3.91. The molecule has 3 heterocycles. The van der Waals surface area contributed by atoms with E-state index in [1.54, 1.807) is 0 Å². The van der Waals surface area contributed by atoms with Gasteiger partial charge < -0.3 is 14.2 Å². The van der Waals surface area contributed by atoms with Gasteiger partial charge in [-0.1, -0.05) is 12.1 Å². The van der Waals surface area contributed by atoms with Gasteiger partial charge in [-0.25, -0.2) is 4.98 Å². The standard InChI is InChI=1S/C20H28N4O2/c25-20(8-4-9-23-16-21-18-6-1-2-7-19(18)23)24-10-3-5-17(24)15-22-11-13-26-14-12-22/h1-2,6-7,16-17H,3-5,8-15H2. The molecule has 2 aromatic rings. The van der Waals surface area contributed by atoms with Gasteiger partial charge in [-0.15, -0.1) is 0 Å². The Balaban J connectivity index is 1.28. The second-order valence-electron chi connectivity index (χ2n) is 7.33. The van der Waals surface area contributed by atoms with Crippen molar-refractivity contribution in [2.45, 2.75) is 38.3 Å². The number of benzene rings is 1. The quantitative estimate of drug-likeness (QED) is 0.796. The first-order chi connectivity index (χ1) is 12.8. The number of likely N-dealkylation sites (tertiary alicyclic amines) is 1. The van der Waals surface area contributed by atoms with Crippen molar-refractivity contribution in [3.63, 3.8) is 0 Å². The molecular weight excluding hydrogens is 328 g/mol. The number of aryl methyl sites for hydroxylation is 1. The van der Waals surface area contributed by atoms with Crippen LogP contribution in [0.1, 0.15) is 25.7 Å². The van der Waals surface area contributed by atoms with Gasteiger partial charge in [0.25, 0.3) is 0 Å². The number of amides is 1. The first-order valence-electron chi connectivity index (χ1n) is 9.81. The van der Waals surface area contributed by atoms with Crippen LogP contribution in [0.4, 0.5) is 0 Å². The fraction of sp³-hybridized carbons (Fsp3) is 0.600. The number of hydrogen-bond donors (Lipinski definition) is 0. The molecule has 2 fully saturated rings. The van der Waals surface area contributed by atoms with Crippen molar-refractivity contribution in [2.24, 2.45) is 0 Å². The van der Waals surface area contributed by atoms with E-state index in [1.165, 1.54) is 0 Å². The number of para-hydroxylation sites is 2. The van der Waals surface area contributed by atoms with Crippen LogP contribution in [-0.2, 0) is 16.1 Å². The molecule has 0 bridgehead atoms. The van der Waals surface area contributed by atoms with Crippen molar-refractivity contribution < 1.29 is 9.53 Å². The van der Waals surface area contributed by atoms with E-state index in [0.29, 0.717) is 18.4 Å². The lowest BCUT2D eigenvalue weighted by molar-refractivity contribution is -0.132. The minimum Gasteiger partial charge on any atom is -0.379 e. The van der Waals surface area contributed by atoms with E-state index in [4.69, 9.17) is 4.74 Å². The van der Waals surface area contributed by atoms with Crippen LogP contribution < -0.4 is 0 Å². The Labute approximate surface area is 154 Å². The summed E-state index contributed by atoms with van der Waals surface area (Å²) in [6.45, 7) is 6.38. The number of fused-ring (bicyclic) bond motifs is 1. The maximum Gasteiger partial charge on any atom is 0.222 e. The van der Waals surface area contributed by atoms with Crippen molar-refractivity contribution in [3.8, 4) is 0 Å². The molecule has 1 atom stereocenters. The fourth-order valence-corrected chi connectivity index (χ4v) is 4.17. The largest absolute Gasteiger partial charge is 0.379 e. The van der Waals surface area contributed by atoms with E-state index in [-0.39, 0.29) is 0 Å². The summed E-state index contributed by atoms with van der Waals surface area (Å²) in [5, 5.41) is 0. The first-order valence-corrected chi connectivity index (χ1v) is 9.81. The van der Waals surface area contributed by atoms with Gasteiger partial charge in [0.1, 0.15) is 0 Å². The number of ether oxygens (including phenoxy) is 1. The predicted molar refractivity (Wildman–Crippen MR) is 101 cm³/mol. The Hall–Kier alpha value is -1.92. The first kappa shape index (κ1) is 17.5. The fourth-order valence-electron chi connectivity index (χ4n) is 4.17. The zero-order valence-corrected chi connectivity index (χ0v) is 15.3. The molecule has 2 aliphatic rings. The van der Waals surface area contributed by atoms with Crippen LogP contribution >= 0.6 is 0 Å². The van der Waals surface area contributed by atoms with Crippen LogP contribution in [0.3, 0.4) is 0 Å². The third-order valence-electron chi connectivity index (χ3n) is 5.59. The molecule has 2 aliphatic heterocycles. The molecule has 0 spiro atoms. The summed E-state index contributed by atoms with van der Waals surface area (Å²) in [5.41, 5.74) is 2.16. The number of rotatable bonds is 6. The molecule has 140 valence electrons.